The summed E-state index contributed by atoms with van der Waals surface area (Å²) in [4.78, 5) is 24.3. The van der Waals surface area contributed by atoms with Gasteiger partial charge in [0.05, 0.1) is 0 Å². The van der Waals surface area contributed by atoms with E-state index in [0.717, 1.165) is 25.7 Å². The topological polar surface area (TPSA) is 52.6 Å². The highest BCUT2D eigenvalue weighted by molar-refractivity contribution is 6.70. The molecule has 0 rings (SSSR count). The van der Waals surface area contributed by atoms with E-state index in [0.29, 0.717) is 24.9 Å². The van der Waals surface area contributed by atoms with Crippen molar-refractivity contribution in [1.29, 1.82) is 0 Å². The molecule has 0 aromatic rings. The predicted molar refractivity (Wildman–Crippen MR) is 106 cm³/mol. The normalized spacial score (nSPS) is 11.4. The second-order valence-electron chi connectivity index (χ2n) is 6.89. The molecule has 0 aliphatic heterocycles. The molecule has 0 amide bonds. The Morgan fingerprint density at radius 2 is 0.960 bits per heavy atom. The van der Waals surface area contributed by atoms with Gasteiger partial charge in [-0.25, -0.2) is 0 Å². The molecule has 148 valence electrons. The largest absolute Gasteiger partial charge is 0.485 e. The zero-order valence-electron chi connectivity index (χ0n) is 17.0. The van der Waals surface area contributed by atoms with Gasteiger partial charge in [-0.2, -0.15) is 0 Å². The first-order chi connectivity index (χ1) is 12.0. The van der Waals surface area contributed by atoms with Gasteiger partial charge in [-0.3, -0.25) is 9.59 Å². The van der Waals surface area contributed by atoms with Crippen LogP contribution in [0, 0.1) is 0 Å². The minimum absolute atomic E-state index is 0.192. The van der Waals surface area contributed by atoms with Crippen LogP contribution in [0.4, 0.5) is 0 Å². The maximum atomic E-state index is 12.1. The van der Waals surface area contributed by atoms with Crippen LogP contribution in [0.1, 0.15) is 105 Å². The van der Waals surface area contributed by atoms with Gasteiger partial charge in [0, 0.05) is 24.9 Å². The average molecular weight is 373 g/mol. The maximum Gasteiger partial charge on any atom is 0.463 e. The van der Waals surface area contributed by atoms with Crippen LogP contribution in [0.2, 0.25) is 12.1 Å². The van der Waals surface area contributed by atoms with Gasteiger partial charge in [0.25, 0.3) is 11.9 Å². The van der Waals surface area contributed by atoms with Crippen molar-refractivity contribution >= 4 is 20.5 Å². The zero-order chi connectivity index (χ0) is 19.0. The molecule has 0 atom stereocenters. The van der Waals surface area contributed by atoms with E-state index in [4.69, 9.17) is 8.85 Å². The monoisotopic (exact) mass is 372 g/mol. The number of carbonyl (C=O) groups is 2. The van der Waals surface area contributed by atoms with Crippen molar-refractivity contribution < 1.29 is 18.4 Å². The standard InChI is InChI=1S/C20H40O4Si/c1-5-9-11-13-15-17-19(21)23-25(7-3,8-4)24-20(22)18-16-14-12-10-6-2/h5-18H2,1-4H3. The summed E-state index contributed by atoms with van der Waals surface area (Å²) in [5.74, 6) is -0.384. The van der Waals surface area contributed by atoms with Gasteiger partial charge in [-0.1, -0.05) is 79.1 Å². The van der Waals surface area contributed by atoms with Crippen LogP contribution in [0.5, 0.6) is 0 Å². The number of unbranched alkanes of at least 4 members (excludes halogenated alkanes) is 8. The van der Waals surface area contributed by atoms with Crippen LogP contribution in [-0.2, 0) is 18.4 Å². The van der Waals surface area contributed by atoms with Crippen LogP contribution in [0.25, 0.3) is 0 Å². The van der Waals surface area contributed by atoms with E-state index in [9.17, 15) is 9.59 Å². The summed E-state index contributed by atoms with van der Waals surface area (Å²) in [5.41, 5.74) is 0. The van der Waals surface area contributed by atoms with Gasteiger partial charge in [0.1, 0.15) is 0 Å². The Kier molecular flexibility index (Phi) is 14.9. The van der Waals surface area contributed by atoms with Crippen LogP contribution in [0.15, 0.2) is 0 Å². The van der Waals surface area contributed by atoms with Crippen LogP contribution in [-0.4, -0.2) is 20.5 Å². The van der Waals surface area contributed by atoms with E-state index in [-0.39, 0.29) is 11.9 Å². The van der Waals surface area contributed by atoms with Crippen molar-refractivity contribution in [3.8, 4) is 0 Å². The van der Waals surface area contributed by atoms with Crippen molar-refractivity contribution in [2.45, 2.75) is 117 Å². The highest BCUT2D eigenvalue weighted by Gasteiger charge is 2.41. The average Bonchev–Trinajstić information content (AvgIpc) is 2.60. The van der Waals surface area contributed by atoms with Gasteiger partial charge in [0.15, 0.2) is 0 Å². The quantitative estimate of drug-likeness (QED) is 0.236. The Labute approximate surface area is 156 Å². The Morgan fingerprint density at radius 3 is 1.28 bits per heavy atom. The van der Waals surface area contributed by atoms with Gasteiger partial charge < -0.3 is 8.85 Å². The molecule has 0 aromatic heterocycles. The molecular formula is C20H40O4Si. The Morgan fingerprint density at radius 1 is 0.600 bits per heavy atom. The Balaban J connectivity index is 4.24. The van der Waals surface area contributed by atoms with Crippen molar-refractivity contribution in [2.75, 3.05) is 0 Å². The fourth-order valence-corrected chi connectivity index (χ4v) is 4.98. The minimum Gasteiger partial charge on any atom is -0.485 e. The van der Waals surface area contributed by atoms with E-state index in [2.05, 4.69) is 13.8 Å². The van der Waals surface area contributed by atoms with E-state index < -0.39 is 8.56 Å². The molecule has 0 unspecified atom stereocenters. The SMILES string of the molecule is CCCCCCCC(=O)O[Si](CC)(CC)OC(=O)CCCCCCC. The fraction of sp³-hybridized carbons (Fsp3) is 0.900. The summed E-state index contributed by atoms with van der Waals surface area (Å²) < 4.78 is 11.4. The molecule has 0 aliphatic carbocycles. The first kappa shape index (κ1) is 24.2. The number of rotatable bonds is 16. The van der Waals surface area contributed by atoms with Gasteiger partial charge in [-0.15, -0.1) is 0 Å². The summed E-state index contributed by atoms with van der Waals surface area (Å²) in [6.45, 7) is 8.27. The molecule has 5 heteroatoms. The summed E-state index contributed by atoms with van der Waals surface area (Å²) in [6, 6.07) is 1.26. The van der Waals surface area contributed by atoms with Crippen molar-refractivity contribution in [3.63, 3.8) is 0 Å². The molecule has 0 aromatic carbocycles. The van der Waals surface area contributed by atoms with Crippen LogP contribution >= 0.6 is 0 Å². The summed E-state index contributed by atoms with van der Waals surface area (Å²) in [7, 11) is -2.72. The van der Waals surface area contributed by atoms with Crippen molar-refractivity contribution in [3.05, 3.63) is 0 Å². The summed E-state index contributed by atoms with van der Waals surface area (Å²) in [5, 5.41) is 0. The molecule has 0 spiro atoms. The molecule has 0 saturated heterocycles. The third kappa shape index (κ3) is 12.2. The molecule has 25 heavy (non-hydrogen) atoms. The highest BCUT2D eigenvalue weighted by Crippen LogP contribution is 2.21. The van der Waals surface area contributed by atoms with Crippen molar-refractivity contribution in [2.24, 2.45) is 0 Å². The lowest BCUT2D eigenvalue weighted by Gasteiger charge is -2.27. The molecular weight excluding hydrogens is 332 g/mol. The molecule has 0 saturated carbocycles. The van der Waals surface area contributed by atoms with Crippen LogP contribution < -0.4 is 0 Å². The molecule has 0 aliphatic rings. The van der Waals surface area contributed by atoms with E-state index in [1.165, 1.54) is 38.5 Å². The summed E-state index contributed by atoms with van der Waals surface area (Å²) in [6.07, 6.45) is 11.9. The van der Waals surface area contributed by atoms with Gasteiger partial charge >= 0.3 is 8.56 Å². The second kappa shape index (κ2) is 15.4. The molecule has 0 fully saturated rings. The number of carbonyl (C=O) groups excluding carboxylic acids is 2. The smallest absolute Gasteiger partial charge is 0.463 e. The maximum absolute atomic E-state index is 12.1. The highest BCUT2D eigenvalue weighted by atomic mass is 28.4. The molecule has 0 bridgehead atoms. The Hall–Kier alpha value is -0.843. The van der Waals surface area contributed by atoms with Crippen molar-refractivity contribution in [1.82, 2.24) is 0 Å². The lowest BCUT2D eigenvalue weighted by Crippen LogP contribution is -2.44. The second-order valence-corrected chi connectivity index (χ2v) is 10.5. The van der Waals surface area contributed by atoms with E-state index in [1.807, 2.05) is 13.8 Å². The first-order valence-corrected chi connectivity index (χ1v) is 12.7. The van der Waals surface area contributed by atoms with E-state index >= 15 is 0 Å². The molecule has 0 heterocycles. The fourth-order valence-electron chi connectivity index (χ4n) is 2.82. The molecule has 0 N–H and O–H groups in total. The number of hydrogen-bond acceptors (Lipinski definition) is 4. The third-order valence-corrected chi connectivity index (χ3v) is 8.00. The van der Waals surface area contributed by atoms with Gasteiger partial charge in [-0.05, 0) is 12.8 Å². The summed E-state index contributed by atoms with van der Waals surface area (Å²) >= 11 is 0. The third-order valence-electron chi connectivity index (χ3n) is 4.65. The van der Waals surface area contributed by atoms with Crippen LogP contribution in [0.3, 0.4) is 0 Å². The van der Waals surface area contributed by atoms with Gasteiger partial charge in [0.2, 0.25) is 0 Å². The Bertz CT molecular complexity index is 324. The minimum atomic E-state index is -2.72. The number of hydrogen-bond donors (Lipinski definition) is 0. The molecule has 4 nitrogen and oxygen atoms in total. The lowest BCUT2D eigenvalue weighted by molar-refractivity contribution is -0.141. The first-order valence-electron chi connectivity index (χ1n) is 10.5. The predicted octanol–water partition coefficient (Wildman–Crippen LogP) is 6.28. The zero-order valence-corrected chi connectivity index (χ0v) is 18.0. The molecule has 0 radical (unpaired) electrons. The lowest BCUT2D eigenvalue weighted by atomic mass is 10.1. The van der Waals surface area contributed by atoms with E-state index in [1.54, 1.807) is 0 Å².